The van der Waals surface area contributed by atoms with Crippen LogP contribution in [0.4, 0.5) is 0 Å². The number of nitrogens with zero attached hydrogens (tertiary/aromatic N) is 1. The van der Waals surface area contributed by atoms with Crippen LogP contribution in [0.1, 0.15) is 56.6 Å². The average Bonchev–Trinajstić information content (AvgIpc) is 3.51. The molecule has 3 rings (SSSR count). The summed E-state index contributed by atoms with van der Waals surface area (Å²) in [5.74, 6) is 0.247. The zero-order valence-electron chi connectivity index (χ0n) is 15.2. The van der Waals surface area contributed by atoms with Crippen molar-refractivity contribution in [2.24, 2.45) is 0 Å². The van der Waals surface area contributed by atoms with Gasteiger partial charge in [-0.15, -0.1) is 11.6 Å². The summed E-state index contributed by atoms with van der Waals surface area (Å²) in [6.07, 6.45) is 7.35. The maximum absolute atomic E-state index is 13.2. The first kappa shape index (κ1) is 19.0. The second-order valence-electron chi connectivity index (χ2n) is 7.19. The van der Waals surface area contributed by atoms with Crippen molar-refractivity contribution in [1.82, 2.24) is 10.2 Å². The molecule has 0 heterocycles. The van der Waals surface area contributed by atoms with Gasteiger partial charge < -0.3 is 15.0 Å². The summed E-state index contributed by atoms with van der Waals surface area (Å²) in [5, 5.41) is 3.18. The van der Waals surface area contributed by atoms with E-state index < -0.39 is 6.04 Å². The first-order valence-electron chi connectivity index (χ1n) is 9.45. The van der Waals surface area contributed by atoms with E-state index in [0.717, 1.165) is 44.1 Å². The minimum Gasteiger partial charge on any atom is -0.497 e. The predicted octanol–water partition coefficient (Wildman–Crippen LogP) is 3.42. The van der Waals surface area contributed by atoms with Gasteiger partial charge in [-0.05, 0) is 43.4 Å². The van der Waals surface area contributed by atoms with Crippen molar-refractivity contribution >= 4 is 23.4 Å². The van der Waals surface area contributed by atoms with Gasteiger partial charge in [-0.1, -0.05) is 31.4 Å². The van der Waals surface area contributed by atoms with Crippen LogP contribution in [-0.4, -0.2) is 41.8 Å². The third kappa shape index (κ3) is 4.50. The molecule has 2 amide bonds. The standard InChI is InChI=1S/C20H27ClN2O3/c1-26-17-9-5-6-14(12-17)19(23(16-10-11-16)18(24)13-21)20(25)22-15-7-3-2-4-8-15/h5-6,9,12,15-16,19H,2-4,7-8,10-11,13H2,1H3,(H,22,25)/t19-/m1/s1. The second-order valence-corrected chi connectivity index (χ2v) is 7.46. The largest absolute Gasteiger partial charge is 0.497 e. The van der Waals surface area contributed by atoms with E-state index in [9.17, 15) is 9.59 Å². The number of benzene rings is 1. The molecule has 1 N–H and O–H groups in total. The van der Waals surface area contributed by atoms with Crippen LogP contribution in [0.5, 0.6) is 5.75 Å². The van der Waals surface area contributed by atoms with Gasteiger partial charge in [0.25, 0.3) is 0 Å². The van der Waals surface area contributed by atoms with E-state index in [1.807, 2.05) is 24.3 Å². The number of ether oxygens (including phenoxy) is 1. The predicted molar refractivity (Wildman–Crippen MR) is 101 cm³/mol. The first-order chi connectivity index (χ1) is 12.6. The van der Waals surface area contributed by atoms with Crippen LogP contribution < -0.4 is 10.1 Å². The maximum Gasteiger partial charge on any atom is 0.247 e. The number of alkyl halides is 1. The maximum atomic E-state index is 13.2. The lowest BCUT2D eigenvalue weighted by Gasteiger charge is -2.33. The first-order valence-corrected chi connectivity index (χ1v) is 9.99. The fraction of sp³-hybridized carbons (Fsp3) is 0.600. The Morgan fingerprint density at radius 2 is 1.96 bits per heavy atom. The number of carbonyl (C=O) groups is 2. The Balaban J connectivity index is 1.88. The lowest BCUT2D eigenvalue weighted by atomic mass is 9.94. The number of nitrogens with one attached hydrogen (secondary N) is 1. The van der Waals surface area contributed by atoms with E-state index >= 15 is 0 Å². The number of halogens is 1. The average molecular weight is 379 g/mol. The van der Waals surface area contributed by atoms with E-state index in [2.05, 4.69) is 5.32 Å². The van der Waals surface area contributed by atoms with E-state index in [-0.39, 0.29) is 29.8 Å². The van der Waals surface area contributed by atoms with Crippen LogP contribution in [0.25, 0.3) is 0 Å². The van der Waals surface area contributed by atoms with Gasteiger partial charge in [0.2, 0.25) is 11.8 Å². The summed E-state index contributed by atoms with van der Waals surface area (Å²) in [5.41, 5.74) is 0.767. The quantitative estimate of drug-likeness (QED) is 0.739. The third-order valence-electron chi connectivity index (χ3n) is 5.23. The van der Waals surface area contributed by atoms with Gasteiger partial charge in [-0.3, -0.25) is 9.59 Å². The molecule has 0 saturated heterocycles. The second kappa shape index (κ2) is 8.76. The Labute approximate surface area is 160 Å². The fourth-order valence-electron chi connectivity index (χ4n) is 3.76. The molecular weight excluding hydrogens is 352 g/mol. The SMILES string of the molecule is COc1cccc([C@H](C(=O)NC2CCCCC2)N(C(=O)CCl)C2CC2)c1. The smallest absolute Gasteiger partial charge is 0.247 e. The Hall–Kier alpha value is -1.75. The van der Waals surface area contributed by atoms with Crippen LogP contribution >= 0.6 is 11.6 Å². The Morgan fingerprint density at radius 1 is 1.23 bits per heavy atom. The van der Waals surface area contributed by atoms with E-state index in [1.54, 1.807) is 12.0 Å². The lowest BCUT2D eigenvalue weighted by Crippen LogP contribution is -2.48. The number of methoxy groups -OCH3 is 1. The van der Waals surface area contributed by atoms with Gasteiger partial charge in [0.15, 0.2) is 0 Å². The number of rotatable bonds is 7. The van der Waals surface area contributed by atoms with Crippen LogP contribution in [0.3, 0.4) is 0 Å². The highest BCUT2D eigenvalue weighted by molar-refractivity contribution is 6.27. The molecule has 26 heavy (non-hydrogen) atoms. The normalized spacial score (nSPS) is 18.8. The number of hydrogen-bond donors (Lipinski definition) is 1. The van der Waals surface area contributed by atoms with Crippen molar-refractivity contribution in [1.29, 1.82) is 0 Å². The molecule has 1 atom stereocenters. The summed E-state index contributed by atoms with van der Waals surface area (Å²) in [6.45, 7) is 0. The summed E-state index contributed by atoms with van der Waals surface area (Å²) >= 11 is 5.86. The van der Waals surface area contributed by atoms with Crippen LogP contribution in [0.15, 0.2) is 24.3 Å². The minimum atomic E-state index is -0.661. The number of amides is 2. The molecule has 6 heteroatoms. The summed E-state index contributed by atoms with van der Waals surface area (Å²) < 4.78 is 5.32. The summed E-state index contributed by atoms with van der Waals surface area (Å²) in [7, 11) is 1.60. The van der Waals surface area contributed by atoms with Crippen LogP contribution in [-0.2, 0) is 9.59 Å². The molecule has 2 aliphatic carbocycles. The topological polar surface area (TPSA) is 58.6 Å². The molecule has 2 fully saturated rings. The molecule has 0 bridgehead atoms. The van der Waals surface area contributed by atoms with E-state index in [4.69, 9.17) is 16.3 Å². The highest BCUT2D eigenvalue weighted by atomic mass is 35.5. The van der Waals surface area contributed by atoms with Gasteiger partial charge in [-0.25, -0.2) is 0 Å². The van der Waals surface area contributed by atoms with Gasteiger partial charge in [0.1, 0.15) is 17.7 Å². The molecule has 2 aliphatic rings. The molecule has 0 aliphatic heterocycles. The zero-order chi connectivity index (χ0) is 18.5. The molecule has 1 aromatic carbocycles. The Morgan fingerprint density at radius 3 is 2.58 bits per heavy atom. The van der Waals surface area contributed by atoms with Crippen molar-refractivity contribution in [3.63, 3.8) is 0 Å². The monoisotopic (exact) mass is 378 g/mol. The van der Waals surface area contributed by atoms with Crippen molar-refractivity contribution < 1.29 is 14.3 Å². The van der Waals surface area contributed by atoms with Crippen molar-refractivity contribution in [2.45, 2.75) is 63.1 Å². The fourth-order valence-corrected chi connectivity index (χ4v) is 3.90. The van der Waals surface area contributed by atoms with Crippen molar-refractivity contribution in [3.05, 3.63) is 29.8 Å². The van der Waals surface area contributed by atoms with Crippen LogP contribution in [0, 0.1) is 0 Å². The van der Waals surface area contributed by atoms with Gasteiger partial charge in [-0.2, -0.15) is 0 Å². The van der Waals surface area contributed by atoms with E-state index in [0.29, 0.717) is 5.75 Å². The molecule has 142 valence electrons. The van der Waals surface area contributed by atoms with E-state index in [1.165, 1.54) is 6.42 Å². The van der Waals surface area contributed by atoms with Gasteiger partial charge in [0.05, 0.1) is 7.11 Å². The van der Waals surface area contributed by atoms with Crippen LogP contribution in [0.2, 0.25) is 0 Å². The highest BCUT2D eigenvalue weighted by Gasteiger charge is 2.41. The minimum absolute atomic E-state index is 0.0922. The molecule has 0 unspecified atom stereocenters. The molecule has 0 aromatic heterocycles. The molecule has 2 saturated carbocycles. The highest BCUT2D eigenvalue weighted by Crippen LogP contribution is 2.36. The molecule has 5 nitrogen and oxygen atoms in total. The molecule has 0 radical (unpaired) electrons. The molecular formula is C20H27ClN2O3. The lowest BCUT2D eigenvalue weighted by molar-refractivity contribution is -0.140. The van der Waals surface area contributed by atoms with Crippen molar-refractivity contribution in [3.8, 4) is 5.75 Å². The zero-order valence-corrected chi connectivity index (χ0v) is 16.0. The summed E-state index contributed by atoms with van der Waals surface area (Å²) in [4.78, 5) is 27.4. The number of hydrogen-bond acceptors (Lipinski definition) is 3. The van der Waals surface area contributed by atoms with Gasteiger partial charge >= 0.3 is 0 Å². The number of carbonyl (C=O) groups excluding carboxylic acids is 2. The molecule has 0 spiro atoms. The Bertz CT molecular complexity index is 642. The van der Waals surface area contributed by atoms with Gasteiger partial charge in [0, 0.05) is 12.1 Å². The third-order valence-corrected chi connectivity index (χ3v) is 5.46. The van der Waals surface area contributed by atoms with Crippen molar-refractivity contribution in [2.75, 3.05) is 13.0 Å². The molecule has 1 aromatic rings. The Kier molecular flexibility index (Phi) is 6.41. The summed E-state index contributed by atoms with van der Waals surface area (Å²) in [6, 6.07) is 7.03.